The van der Waals surface area contributed by atoms with Gasteiger partial charge in [0.2, 0.25) is 0 Å². The standard InChI is InChI=1S/C14H21N3S/c1-14(2)6-3-8-17(9-7-14)11-4-5-12(13(15)18)16-10-11/h4-5,10H,3,6-9H2,1-2H3,(H2,15,18). The lowest BCUT2D eigenvalue weighted by Gasteiger charge is -2.24. The lowest BCUT2D eigenvalue weighted by Crippen LogP contribution is -2.25. The minimum Gasteiger partial charge on any atom is -0.388 e. The largest absolute Gasteiger partial charge is 0.388 e. The van der Waals surface area contributed by atoms with E-state index in [0.717, 1.165) is 13.1 Å². The van der Waals surface area contributed by atoms with Gasteiger partial charge in [0.1, 0.15) is 4.99 Å². The van der Waals surface area contributed by atoms with Crippen molar-refractivity contribution in [2.24, 2.45) is 11.1 Å². The van der Waals surface area contributed by atoms with Gasteiger partial charge < -0.3 is 10.6 Å². The van der Waals surface area contributed by atoms with Crippen LogP contribution in [0.4, 0.5) is 5.69 Å². The zero-order valence-corrected chi connectivity index (χ0v) is 12.0. The Bertz CT molecular complexity index is 425. The first kappa shape index (κ1) is 13.3. The Labute approximate surface area is 114 Å². The molecule has 1 aliphatic rings. The van der Waals surface area contributed by atoms with E-state index in [4.69, 9.17) is 18.0 Å². The maximum Gasteiger partial charge on any atom is 0.122 e. The van der Waals surface area contributed by atoms with Gasteiger partial charge in [-0.25, -0.2) is 0 Å². The molecule has 1 aromatic heterocycles. The summed E-state index contributed by atoms with van der Waals surface area (Å²) in [7, 11) is 0. The van der Waals surface area contributed by atoms with Crippen molar-refractivity contribution in [2.45, 2.75) is 33.1 Å². The summed E-state index contributed by atoms with van der Waals surface area (Å²) in [5, 5.41) is 0. The van der Waals surface area contributed by atoms with Crippen molar-refractivity contribution >= 4 is 22.9 Å². The maximum atomic E-state index is 5.56. The quantitative estimate of drug-likeness (QED) is 0.833. The first-order chi connectivity index (χ1) is 8.48. The second kappa shape index (κ2) is 5.22. The van der Waals surface area contributed by atoms with Crippen molar-refractivity contribution in [1.29, 1.82) is 0 Å². The van der Waals surface area contributed by atoms with Gasteiger partial charge in [-0.05, 0) is 36.8 Å². The highest BCUT2D eigenvalue weighted by atomic mass is 32.1. The Kier molecular flexibility index (Phi) is 3.85. The topological polar surface area (TPSA) is 42.1 Å². The highest BCUT2D eigenvalue weighted by molar-refractivity contribution is 7.80. The summed E-state index contributed by atoms with van der Waals surface area (Å²) in [5.41, 5.74) is 7.89. The zero-order chi connectivity index (χ0) is 13.2. The summed E-state index contributed by atoms with van der Waals surface area (Å²) in [4.78, 5) is 7.08. The number of pyridine rings is 1. The molecule has 1 saturated heterocycles. The van der Waals surface area contributed by atoms with E-state index < -0.39 is 0 Å². The molecule has 0 amide bonds. The molecule has 1 fully saturated rings. The molecule has 0 aromatic carbocycles. The normalized spacial score (nSPS) is 19.3. The van der Waals surface area contributed by atoms with E-state index in [0.29, 0.717) is 16.1 Å². The van der Waals surface area contributed by atoms with Gasteiger partial charge in [-0.2, -0.15) is 0 Å². The van der Waals surface area contributed by atoms with E-state index in [1.54, 1.807) is 0 Å². The lowest BCUT2D eigenvalue weighted by molar-refractivity contribution is 0.325. The Morgan fingerprint density at radius 1 is 1.33 bits per heavy atom. The Hall–Kier alpha value is -1.16. The first-order valence-corrected chi connectivity index (χ1v) is 6.90. The molecule has 98 valence electrons. The maximum absolute atomic E-state index is 5.56. The van der Waals surface area contributed by atoms with Gasteiger partial charge in [-0.15, -0.1) is 0 Å². The van der Waals surface area contributed by atoms with Crippen molar-refractivity contribution in [2.75, 3.05) is 18.0 Å². The average molecular weight is 263 g/mol. The molecular formula is C14H21N3S. The van der Waals surface area contributed by atoms with Crippen molar-refractivity contribution in [3.63, 3.8) is 0 Å². The summed E-state index contributed by atoms with van der Waals surface area (Å²) < 4.78 is 0. The molecule has 2 N–H and O–H groups in total. The molecule has 1 aromatic rings. The molecule has 4 heteroatoms. The van der Waals surface area contributed by atoms with E-state index in [1.807, 2.05) is 12.3 Å². The number of rotatable bonds is 2. The number of thiocarbonyl (C=S) groups is 1. The van der Waals surface area contributed by atoms with Crippen LogP contribution in [-0.4, -0.2) is 23.1 Å². The Morgan fingerprint density at radius 2 is 2.11 bits per heavy atom. The van der Waals surface area contributed by atoms with Gasteiger partial charge in [-0.1, -0.05) is 26.1 Å². The highest BCUT2D eigenvalue weighted by Gasteiger charge is 2.23. The van der Waals surface area contributed by atoms with E-state index in [1.165, 1.54) is 24.9 Å². The van der Waals surface area contributed by atoms with Crippen LogP contribution in [0.15, 0.2) is 18.3 Å². The van der Waals surface area contributed by atoms with Crippen molar-refractivity contribution in [3.05, 3.63) is 24.0 Å². The van der Waals surface area contributed by atoms with Gasteiger partial charge in [0, 0.05) is 13.1 Å². The fourth-order valence-electron chi connectivity index (χ4n) is 2.40. The van der Waals surface area contributed by atoms with Crippen LogP contribution in [0, 0.1) is 5.41 Å². The molecule has 0 bridgehead atoms. The molecule has 18 heavy (non-hydrogen) atoms. The third-order valence-corrected chi connectivity index (χ3v) is 3.91. The van der Waals surface area contributed by atoms with E-state index >= 15 is 0 Å². The van der Waals surface area contributed by atoms with Gasteiger partial charge in [0.25, 0.3) is 0 Å². The van der Waals surface area contributed by atoms with Crippen LogP contribution in [0.5, 0.6) is 0 Å². The predicted molar refractivity (Wildman–Crippen MR) is 80.0 cm³/mol. The molecule has 2 rings (SSSR count). The van der Waals surface area contributed by atoms with Crippen LogP contribution >= 0.6 is 12.2 Å². The highest BCUT2D eigenvalue weighted by Crippen LogP contribution is 2.31. The smallest absolute Gasteiger partial charge is 0.122 e. The monoisotopic (exact) mass is 263 g/mol. The molecule has 2 heterocycles. The third-order valence-electron chi connectivity index (χ3n) is 3.71. The van der Waals surface area contributed by atoms with Gasteiger partial charge in [-0.3, -0.25) is 4.98 Å². The zero-order valence-electron chi connectivity index (χ0n) is 11.1. The molecule has 0 radical (unpaired) electrons. The Morgan fingerprint density at radius 3 is 2.72 bits per heavy atom. The van der Waals surface area contributed by atoms with Crippen LogP contribution in [0.3, 0.4) is 0 Å². The Balaban J connectivity index is 2.09. The molecule has 0 unspecified atom stereocenters. The van der Waals surface area contributed by atoms with Crippen LogP contribution in [0.25, 0.3) is 0 Å². The van der Waals surface area contributed by atoms with E-state index in [9.17, 15) is 0 Å². The van der Waals surface area contributed by atoms with Crippen LogP contribution in [0.1, 0.15) is 38.8 Å². The fourth-order valence-corrected chi connectivity index (χ4v) is 2.52. The summed E-state index contributed by atoms with van der Waals surface area (Å²) >= 11 is 4.92. The first-order valence-electron chi connectivity index (χ1n) is 6.49. The van der Waals surface area contributed by atoms with Crippen molar-refractivity contribution < 1.29 is 0 Å². The molecule has 1 aliphatic heterocycles. The van der Waals surface area contributed by atoms with Gasteiger partial charge in [0.05, 0.1) is 17.6 Å². The molecule has 0 saturated carbocycles. The third kappa shape index (κ3) is 3.19. The van der Waals surface area contributed by atoms with E-state index in [2.05, 4.69) is 29.8 Å². The molecule has 0 spiro atoms. The van der Waals surface area contributed by atoms with Crippen LogP contribution in [0.2, 0.25) is 0 Å². The SMILES string of the molecule is CC1(C)CCCN(c2ccc(C(N)=S)nc2)CC1. The molecule has 0 aliphatic carbocycles. The van der Waals surface area contributed by atoms with Gasteiger partial charge in [0.15, 0.2) is 0 Å². The number of nitrogens with two attached hydrogens (primary N) is 1. The number of aromatic nitrogens is 1. The summed E-state index contributed by atoms with van der Waals surface area (Å²) in [6.07, 6.45) is 5.64. The summed E-state index contributed by atoms with van der Waals surface area (Å²) in [6.45, 7) is 6.91. The van der Waals surface area contributed by atoms with Gasteiger partial charge >= 0.3 is 0 Å². The van der Waals surface area contributed by atoms with Crippen molar-refractivity contribution in [3.8, 4) is 0 Å². The van der Waals surface area contributed by atoms with Crippen LogP contribution in [-0.2, 0) is 0 Å². The fraction of sp³-hybridized carbons (Fsp3) is 0.571. The molecule has 0 atom stereocenters. The lowest BCUT2D eigenvalue weighted by atomic mass is 9.85. The predicted octanol–water partition coefficient (Wildman–Crippen LogP) is 2.73. The number of nitrogens with zero attached hydrogens (tertiary/aromatic N) is 2. The summed E-state index contributed by atoms with van der Waals surface area (Å²) in [6, 6.07) is 3.98. The molecule has 3 nitrogen and oxygen atoms in total. The number of hydrogen-bond donors (Lipinski definition) is 1. The second-order valence-electron chi connectivity index (χ2n) is 5.77. The minimum atomic E-state index is 0.360. The van der Waals surface area contributed by atoms with Crippen LogP contribution < -0.4 is 10.6 Å². The minimum absolute atomic E-state index is 0.360. The van der Waals surface area contributed by atoms with E-state index in [-0.39, 0.29) is 0 Å². The molecular weight excluding hydrogens is 242 g/mol. The number of anilines is 1. The summed E-state index contributed by atoms with van der Waals surface area (Å²) in [5.74, 6) is 0. The second-order valence-corrected chi connectivity index (χ2v) is 6.21. The van der Waals surface area contributed by atoms with Crippen molar-refractivity contribution in [1.82, 2.24) is 4.98 Å². The number of hydrogen-bond acceptors (Lipinski definition) is 3. The average Bonchev–Trinajstić information content (AvgIpc) is 2.50.